The van der Waals surface area contributed by atoms with E-state index in [9.17, 15) is 29.4 Å². The van der Waals surface area contributed by atoms with Crippen molar-refractivity contribution >= 4 is 63.7 Å². The number of carboxylic acid groups (broad SMARTS) is 2. The molecule has 2 amide bonds. The molecule has 5 rings (SSSR count). The van der Waals surface area contributed by atoms with Crippen molar-refractivity contribution in [3.8, 4) is 0 Å². The van der Waals surface area contributed by atoms with Gasteiger partial charge in [-0.3, -0.25) is 14.5 Å². The number of rotatable bonds is 9. The molecule has 0 bridgehead atoms. The molecule has 2 aromatic rings. The lowest BCUT2D eigenvalue weighted by atomic mass is 10.0. The second kappa shape index (κ2) is 10.7. The van der Waals surface area contributed by atoms with Crippen LogP contribution in [0.1, 0.15) is 26.1 Å². The minimum atomic E-state index is -1.78. The SMILES string of the molecule is CN1CCCn2c1cc[n+]2CC1=C(C(=O)O)N2C(=O)[C@@H](NC(=O)C(=NOC(C)(C)C(=O)O)c3nsc(N)n3)[C@H]2SC1. The van der Waals surface area contributed by atoms with Crippen LogP contribution in [0.2, 0.25) is 0 Å². The third-order valence-corrected chi connectivity index (χ3v) is 8.75. The summed E-state index contributed by atoms with van der Waals surface area (Å²) in [5, 5.41) is 25.0. The molecule has 0 unspecified atom stereocenters. The summed E-state index contributed by atoms with van der Waals surface area (Å²) in [6.45, 7) is 4.50. The maximum Gasteiger partial charge on any atom is 0.352 e. The van der Waals surface area contributed by atoms with E-state index < -0.39 is 46.5 Å². The van der Waals surface area contributed by atoms with Crippen LogP contribution in [0.15, 0.2) is 28.7 Å². The van der Waals surface area contributed by atoms with Gasteiger partial charge in [0.2, 0.25) is 17.1 Å². The predicted molar refractivity (Wildman–Crippen MR) is 146 cm³/mol. The van der Waals surface area contributed by atoms with Crippen molar-refractivity contribution in [2.24, 2.45) is 5.16 Å². The number of nitrogen functional groups attached to an aromatic ring is 1. The first-order valence-electron chi connectivity index (χ1n) is 12.5. The zero-order valence-corrected chi connectivity index (χ0v) is 23.9. The molecular weight excluding hydrogens is 578 g/mol. The number of β-lactam (4-membered cyclic amide) rings is 1. The number of aliphatic carboxylic acids is 2. The Bertz CT molecular complexity index is 1500. The fraction of sp³-hybridized carbons (Fsp3) is 0.478. The van der Waals surface area contributed by atoms with E-state index in [1.807, 2.05) is 24.0 Å². The summed E-state index contributed by atoms with van der Waals surface area (Å²) in [5.74, 6) is -2.93. The van der Waals surface area contributed by atoms with Gasteiger partial charge in [-0.05, 0) is 20.3 Å². The molecule has 3 aliphatic heterocycles. The zero-order chi connectivity index (χ0) is 29.6. The first-order chi connectivity index (χ1) is 19.4. The van der Waals surface area contributed by atoms with Crippen LogP contribution in [0.4, 0.5) is 10.9 Å². The summed E-state index contributed by atoms with van der Waals surface area (Å²) in [5.41, 5.74) is 3.85. The van der Waals surface area contributed by atoms with E-state index in [1.54, 1.807) is 0 Å². The normalized spacial score (nSPS) is 20.8. The number of hydrogen-bond acceptors (Lipinski definition) is 12. The van der Waals surface area contributed by atoms with Crippen LogP contribution in [0.5, 0.6) is 0 Å². The average Bonchev–Trinajstić information content (AvgIpc) is 3.53. The van der Waals surface area contributed by atoms with Gasteiger partial charge in [0.05, 0.1) is 12.6 Å². The van der Waals surface area contributed by atoms with Crippen LogP contribution >= 0.6 is 23.3 Å². The average molecular weight is 607 g/mol. The molecular formula is C23H28N9O7S2+. The first kappa shape index (κ1) is 28.3. The Morgan fingerprint density at radius 2 is 2.07 bits per heavy atom. The van der Waals surface area contributed by atoms with Gasteiger partial charge in [0.15, 0.2) is 23.7 Å². The van der Waals surface area contributed by atoms with Crippen LogP contribution in [0, 0.1) is 0 Å². The van der Waals surface area contributed by atoms with E-state index in [1.165, 1.54) is 30.5 Å². The highest BCUT2D eigenvalue weighted by molar-refractivity contribution is 8.00. The highest BCUT2D eigenvalue weighted by Crippen LogP contribution is 2.40. The number of nitrogens with zero attached hydrogens (tertiary/aromatic N) is 7. The first-order valence-corrected chi connectivity index (χ1v) is 14.3. The summed E-state index contributed by atoms with van der Waals surface area (Å²) in [4.78, 5) is 62.5. The molecule has 2 aromatic heterocycles. The van der Waals surface area contributed by atoms with Gasteiger partial charge in [-0.25, -0.2) is 9.59 Å². The van der Waals surface area contributed by atoms with Crippen molar-refractivity contribution in [2.45, 2.75) is 50.4 Å². The van der Waals surface area contributed by atoms with Crippen LogP contribution in [0.25, 0.3) is 0 Å². The van der Waals surface area contributed by atoms with E-state index in [0.717, 1.165) is 36.9 Å². The number of anilines is 2. The monoisotopic (exact) mass is 606 g/mol. The lowest BCUT2D eigenvalue weighted by molar-refractivity contribution is -0.768. The van der Waals surface area contributed by atoms with Crippen LogP contribution in [-0.2, 0) is 37.1 Å². The number of nitrogens with one attached hydrogen (secondary N) is 1. The summed E-state index contributed by atoms with van der Waals surface area (Å²) in [6.07, 6.45) is 2.86. The Morgan fingerprint density at radius 1 is 1.32 bits per heavy atom. The van der Waals surface area contributed by atoms with Gasteiger partial charge >= 0.3 is 11.9 Å². The number of amides is 2. The van der Waals surface area contributed by atoms with Crippen LogP contribution in [-0.4, -0.2) is 95.0 Å². The van der Waals surface area contributed by atoms with Crippen molar-refractivity contribution in [1.29, 1.82) is 0 Å². The fourth-order valence-electron chi connectivity index (χ4n) is 4.65. The number of hydrogen-bond donors (Lipinski definition) is 4. The predicted octanol–water partition coefficient (Wildman–Crippen LogP) is -0.928. The maximum atomic E-state index is 13.2. The molecule has 18 heteroatoms. The van der Waals surface area contributed by atoms with Crippen LogP contribution in [0.3, 0.4) is 0 Å². The minimum Gasteiger partial charge on any atom is -0.478 e. The van der Waals surface area contributed by atoms with Crippen molar-refractivity contribution < 1.29 is 38.9 Å². The number of thioether (sulfide) groups is 1. The second-order valence-corrected chi connectivity index (χ2v) is 12.0. The number of aromatic nitrogens is 4. The summed E-state index contributed by atoms with van der Waals surface area (Å²) < 4.78 is 7.97. The highest BCUT2D eigenvalue weighted by Gasteiger charge is 2.55. The van der Waals surface area contributed by atoms with Crippen molar-refractivity contribution in [3.63, 3.8) is 0 Å². The molecule has 1 saturated heterocycles. The number of oxime groups is 1. The Morgan fingerprint density at radius 3 is 2.73 bits per heavy atom. The molecule has 0 aliphatic carbocycles. The van der Waals surface area contributed by atoms with Gasteiger partial charge < -0.3 is 31.0 Å². The van der Waals surface area contributed by atoms with Gasteiger partial charge in [0, 0.05) is 36.5 Å². The number of carbonyl (C=O) groups excluding carboxylic acids is 2. The molecule has 2 atom stereocenters. The third-order valence-electron chi connectivity index (χ3n) is 6.86. The zero-order valence-electron chi connectivity index (χ0n) is 22.3. The summed E-state index contributed by atoms with van der Waals surface area (Å²) in [7, 11) is 2.00. The number of nitrogens with two attached hydrogens (primary N) is 1. The fourth-order valence-corrected chi connectivity index (χ4v) is 6.42. The second-order valence-electron chi connectivity index (χ2n) is 10.1. The van der Waals surface area contributed by atoms with Gasteiger partial charge in [0.25, 0.3) is 11.8 Å². The molecule has 5 heterocycles. The van der Waals surface area contributed by atoms with Gasteiger partial charge in [-0.2, -0.15) is 9.36 Å². The van der Waals surface area contributed by atoms with E-state index >= 15 is 0 Å². The molecule has 16 nitrogen and oxygen atoms in total. The molecule has 41 heavy (non-hydrogen) atoms. The summed E-state index contributed by atoms with van der Waals surface area (Å²) >= 11 is 2.11. The Balaban J connectivity index is 1.36. The van der Waals surface area contributed by atoms with E-state index in [2.05, 4.69) is 29.4 Å². The van der Waals surface area contributed by atoms with Crippen molar-refractivity contribution in [2.75, 3.05) is 30.0 Å². The molecule has 0 saturated carbocycles. The van der Waals surface area contributed by atoms with Gasteiger partial charge in [-0.1, -0.05) is 5.16 Å². The van der Waals surface area contributed by atoms with E-state index in [-0.39, 0.29) is 16.7 Å². The molecule has 5 N–H and O–H groups in total. The molecule has 1 fully saturated rings. The van der Waals surface area contributed by atoms with Crippen molar-refractivity contribution in [3.05, 3.63) is 29.4 Å². The standard InChI is InChI=1S/C23H27N9O7S2/c1-23(2,21(37)38)39-27-13(16-26-22(24)41-28-16)17(33)25-14-18(34)32-15(20(35)36)11(10-40-19(14)32)9-30-8-5-12-29(3)6-4-7-31(12)30/h5,8,14,19H,4,6-7,9-10H2,1-3H3,(H4-,24,25,26,28,33,35,36,37,38)/p+1/t14-,19-/m1/s1. The molecule has 218 valence electrons. The van der Waals surface area contributed by atoms with Gasteiger partial charge in [0.1, 0.15) is 17.1 Å². The molecule has 0 aromatic carbocycles. The smallest absolute Gasteiger partial charge is 0.352 e. The highest BCUT2D eigenvalue weighted by atomic mass is 32.2. The number of fused-ring (bicyclic) bond motifs is 2. The van der Waals surface area contributed by atoms with E-state index in [0.29, 0.717) is 17.9 Å². The number of carbonyl (C=O) groups is 4. The van der Waals surface area contributed by atoms with Gasteiger partial charge in [-0.15, -0.1) is 21.1 Å². The minimum absolute atomic E-state index is 0.0317. The topological polar surface area (TPSA) is 209 Å². The quantitative estimate of drug-likeness (QED) is 0.118. The Kier molecular flexibility index (Phi) is 7.37. The Hall–Kier alpha value is -4.19. The summed E-state index contributed by atoms with van der Waals surface area (Å²) in [6, 6.07) is 0.907. The largest absolute Gasteiger partial charge is 0.478 e. The Labute approximate surface area is 241 Å². The molecule has 3 aliphatic rings. The maximum absolute atomic E-state index is 13.2. The lowest BCUT2D eigenvalue weighted by Crippen LogP contribution is -2.71. The number of carboxylic acids is 2. The molecule has 0 spiro atoms. The van der Waals surface area contributed by atoms with E-state index in [4.69, 9.17) is 10.6 Å². The van der Waals surface area contributed by atoms with Crippen LogP contribution < -0.4 is 20.6 Å². The van der Waals surface area contributed by atoms with Crippen molar-refractivity contribution in [1.82, 2.24) is 24.3 Å². The molecule has 0 radical (unpaired) electrons. The third kappa shape index (κ3) is 5.19. The lowest BCUT2D eigenvalue weighted by Gasteiger charge is -2.49.